The van der Waals surface area contributed by atoms with Crippen molar-refractivity contribution in [3.8, 4) is 22.3 Å². The fraction of sp³-hybridized carbons (Fsp3) is 0. The molecule has 0 unspecified atom stereocenters. The fourth-order valence-corrected chi connectivity index (χ4v) is 13.8. The molecule has 4 nitrogen and oxygen atoms in total. The average Bonchev–Trinajstić information content (AvgIpc) is 3.95. The third-order valence-electron chi connectivity index (χ3n) is 9.75. The van der Waals surface area contributed by atoms with Gasteiger partial charge >= 0.3 is 0 Å². The smallest absolute Gasteiger partial charge is 0.194 e. The van der Waals surface area contributed by atoms with Crippen LogP contribution in [0.4, 0.5) is 0 Å². The number of rotatable bonds is 6. The lowest BCUT2D eigenvalue weighted by Crippen LogP contribution is -2.74. The zero-order valence-electron chi connectivity index (χ0n) is 26.3. The van der Waals surface area contributed by atoms with Crippen LogP contribution in [0.2, 0.25) is 0 Å². The molecular formula is C42H28N4S2Si. The molecule has 0 aliphatic heterocycles. The summed E-state index contributed by atoms with van der Waals surface area (Å²) in [5.41, 5.74) is 9.10. The summed E-state index contributed by atoms with van der Waals surface area (Å²) in [7, 11) is -2.81. The highest BCUT2D eigenvalue weighted by atomic mass is 32.1. The molecule has 0 aliphatic rings. The first-order valence-corrected chi connectivity index (χ1v) is 20.1. The van der Waals surface area contributed by atoms with E-state index in [1.54, 1.807) is 22.7 Å². The van der Waals surface area contributed by atoms with Crippen LogP contribution in [0.15, 0.2) is 169 Å². The fourth-order valence-electron chi connectivity index (χ4n) is 7.50. The summed E-state index contributed by atoms with van der Waals surface area (Å²) < 4.78 is 4.38. The first-order valence-electron chi connectivity index (χ1n) is 16.3. The van der Waals surface area contributed by atoms with Gasteiger partial charge < -0.3 is 0 Å². The van der Waals surface area contributed by atoms with Gasteiger partial charge in [0.2, 0.25) is 0 Å². The van der Waals surface area contributed by atoms with Crippen LogP contribution in [0.5, 0.6) is 0 Å². The molecule has 0 fully saturated rings. The van der Waals surface area contributed by atoms with Crippen molar-refractivity contribution in [2.45, 2.75) is 0 Å². The maximum atomic E-state index is 4.83. The molecule has 4 aromatic heterocycles. The number of benzene rings is 6. The number of hydrogen-bond donors (Lipinski definition) is 0. The van der Waals surface area contributed by atoms with Gasteiger partial charge in [0.1, 0.15) is 0 Å². The highest BCUT2D eigenvalue weighted by Gasteiger charge is 2.41. The standard InChI is InChI=1S/C42H28N4S2Si/c1-3-11-33(12-4-1)49(34-13-5-2-6-14-34,35-15-7-9-29(25-35)31-17-19-37-39(27-31)45-21-23-47-41(45)43-37)36-16-8-10-30(26-36)32-18-20-38-40(28-32)46-22-24-48-42(46)44-38/h1-28H. The molecule has 10 rings (SSSR count). The zero-order chi connectivity index (χ0) is 32.4. The second kappa shape index (κ2) is 11.2. The Bertz CT molecular complexity index is 2600. The number of aromatic nitrogens is 4. The summed E-state index contributed by atoms with van der Waals surface area (Å²) in [6.07, 6.45) is 4.22. The minimum Gasteiger partial charge on any atom is -0.290 e. The summed E-state index contributed by atoms with van der Waals surface area (Å²) in [4.78, 5) is 11.7. The summed E-state index contributed by atoms with van der Waals surface area (Å²) in [6, 6.07) is 54.2. The predicted molar refractivity (Wildman–Crippen MR) is 209 cm³/mol. The van der Waals surface area contributed by atoms with E-state index in [1.165, 1.54) is 43.0 Å². The zero-order valence-corrected chi connectivity index (χ0v) is 28.9. The maximum Gasteiger partial charge on any atom is 0.194 e. The van der Waals surface area contributed by atoms with Crippen molar-refractivity contribution in [2.24, 2.45) is 0 Å². The molecule has 0 spiro atoms. The van der Waals surface area contributed by atoms with E-state index in [4.69, 9.17) is 9.97 Å². The molecule has 4 heterocycles. The average molecular weight is 681 g/mol. The summed E-state index contributed by atoms with van der Waals surface area (Å²) in [6.45, 7) is 0. The molecular weight excluding hydrogens is 653 g/mol. The van der Waals surface area contributed by atoms with Crippen molar-refractivity contribution in [1.82, 2.24) is 18.8 Å². The molecule has 0 saturated carbocycles. The lowest BCUT2D eigenvalue weighted by atomic mass is 10.1. The lowest BCUT2D eigenvalue weighted by Gasteiger charge is -2.35. The van der Waals surface area contributed by atoms with E-state index in [2.05, 4.69) is 178 Å². The Morgan fingerprint density at radius 2 is 0.837 bits per heavy atom. The molecule has 6 aromatic carbocycles. The number of nitrogens with zero attached hydrogens (tertiary/aromatic N) is 4. The maximum absolute atomic E-state index is 4.83. The third kappa shape index (κ3) is 4.47. The summed E-state index contributed by atoms with van der Waals surface area (Å²) >= 11 is 3.34. The summed E-state index contributed by atoms with van der Waals surface area (Å²) in [5, 5.41) is 9.60. The van der Waals surface area contributed by atoms with Crippen LogP contribution in [-0.2, 0) is 0 Å². The Labute approximate surface area is 291 Å². The minimum absolute atomic E-state index is 1.02. The van der Waals surface area contributed by atoms with Gasteiger partial charge in [0.25, 0.3) is 0 Å². The minimum atomic E-state index is -2.81. The topological polar surface area (TPSA) is 34.6 Å². The number of imidazole rings is 2. The first kappa shape index (κ1) is 28.4. The van der Waals surface area contributed by atoms with Crippen LogP contribution in [0.25, 0.3) is 54.2 Å². The highest BCUT2D eigenvalue weighted by Crippen LogP contribution is 2.29. The molecule has 232 valence electrons. The number of hydrogen-bond acceptors (Lipinski definition) is 4. The Morgan fingerprint density at radius 3 is 1.31 bits per heavy atom. The molecule has 0 radical (unpaired) electrons. The van der Waals surface area contributed by atoms with E-state index in [-0.39, 0.29) is 0 Å². The third-order valence-corrected chi connectivity index (χ3v) is 16.0. The molecule has 7 heteroatoms. The van der Waals surface area contributed by atoms with Crippen LogP contribution in [-0.4, -0.2) is 26.8 Å². The van der Waals surface area contributed by atoms with Crippen LogP contribution < -0.4 is 20.7 Å². The van der Waals surface area contributed by atoms with Crippen molar-refractivity contribution in [1.29, 1.82) is 0 Å². The van der Waals surface area contributed by atoms with E-state index in [0.717, 1.165) is 32.0 Å². The molecule has 0 bridgehead atoms. The molecule has 49 heavy (non-hydrogen) atoms. The highest BCUT2D eigenvalue weighted by molar-refractivity contribution is 7.20. The van der Waals surface area contributed by atoms with Gasteiger partial charge in [-0.3, -0.25) is 8.80 Å². The van der Waals surface area contributed by atoms with Crippen molar-refractivity contribution in [2.75, 3.05) is 0 Å². The number of thiazole rings is 2. The van der Waals surface area contributed by atoms with Gasteiger partial charge in [-0.2, -0.15) is 0 Å². The van der Waals surface area contributed by atoms with Crippen LogP contribution >= 0.6 is 22.7 Å². The monoisotopic (exact) mass is 680 g/mol. The van der Waals surface area contributed by atoms with E-state index < -0.39 is 8.07 Å². The van der Waals surface area contributed by atoms with E-state index in [9.17, 15) is 0 Å². The van der Waals surface area contributed by atoms with Crippen molar-refractivity contribution in [3.05, 3.63) is 169 Å². The van der Waals surface area contributed by atoms with Gasteiger partial charge in [0.15, 0.2) is 18.0 Å². The molecule has 0 aliphatic carbocycles. The lowest BCUT2D eigenvalue weighted by molar-refractivity contribution is 1.28. The van der Waals surface area contributed by atoms with Gasteiger partial charge in [0.05, 0.1) is 22.1 Å². The Balaban J connectivity index is 1.21. The van der Waals surface area contributed by atoms with Crippen molar-refractivity contribution in [3.63, 3.8) is 0 Å². The van der Waals surface area contributed by atoms with Crippen LogP contribution in [0.3, 0.4) is 0 Å². The molecule has 0 N–H and O–H groups in total. The van der Waals surface area contributed by atoms with Crippen LogP contribution in [0, 0.1) is 0 Å². The van der Waals surface area contributed by atoms with Crippen molar-refractivity contribution >= 4 is 83.5 Å². The predicted octanol–water partition coefficient (Wildman–Crippen LogP) is 8.12. The molecule has 0 atom stereocenters. The molecule has 0 saturated heterocycles. The SMILES string of the molecule is c1ccc([Si](c2ccccc2)(c2cccc(-c3ccc4nc5sccn5c4c3)c2)c2cccc(-c3ccc4nc5sccn5c4c3)c2)cc1. The quantitative estimate of drug-likeness (QED) is 0.131. The second-order valence-corrected chi connectivity index (χ2v) is 17.9. The van der Waals surface area contributed by atoms with Gasteiger partial charge in [-0.15, -0.1) is 22.7 Å². The summed E-state index contributed by atoms with van der Waals surface area (Å²) in [5.74, 6) is 0. The Morgan fingerprint density at radius 1 is 0.408 bits per heavy atom. The van der Waals surface area contributed by atoms with E-state index in [0.29, 0.717) is 0 Å². The van der Waals surface area contributed by atoms with Gasteiger partial charge in [-0.25, -0.2) is 9.97 Å². The van der Waals surface area contributed by atoms with E-state index >= 15 is 0 Å². The normalized spacial score (nSPS) is 12.1. The van der Waals surface area contributed by atoms with E-state index in [1.807, 2.05) is 0 Å². The number of fused-ring (bicyclic) bond motifs is 6. The largest absolute Gasteiger partial charge is 0.290 e. The Hall–Kier alpha value is -5.60. The van der Waals surface area contributed by atoms with Crippen molar-refractivity contribution < 1.29 is 0 Å². The molecule has 0 amide bonds. The second-order valence-electron chi connectivity index (χ2n) is 12.4. The van der Waals surface area contributed by atoms with Gasteiger partial charge in [0, 0.05) is 23.2 Å². The van der Waals surface area contributed by atoms with Gasteiger partial charge in [-0.1, -0.05) is 121 Å². The van der Waals surface area contributed by atoms with Gasteiger partial charge in [-0.05, 0) is 67.3 Å². The van der Waals surface area contributed by atoms with Crippen LogP contribution in [0.1, 0.15) is 0 Å². The Kier molecular flexibility index (Phi) is 6.52. The molecule has 10 aromatic rings. The first-order chi connectivity index (χ1) is 24.3.